The van der Waals surface area contributed by atoms with E-state index < -0.39 is 4.92 Å². The Morgan fingerprint density at radius 3 is 2.72 bits per heavy atom. The van der Waals surface area contributed by atoms with Crippen molar-refractivity contribution < 1.29 is 9.66 Å². The molecule has 0 spiro atoms. The molecule has 0 bridgehead atoms. The van der Waals surface area contributed by atoms with Crippen LogP contribution in [0.4, 0.5) is 11.4 Å². The van der Waals surface area contributed by atoms with Crippen molar-refractivity contribution in [2.75, 3.05) is 31.6 Å². The maximum atomic E-state index is 10.9. The number of anilines is 1. The molecule has 1 saturated heterocycles. The standard InChI is InChI=1S/C11H13N3O3S/c15-14(16)10-4-2-1-3-9(10)12-11(18)13-5-7-17-8-6-13/h1-4H,5-8H2,(H,12,18). The van der Waals surface area contributed by atoms with Gasteiger partial charge in [-0.3, -0.25) is 10.1 Å². The fourth-order valence-electron chi connectivity index (χ4n) is 1.70. The van der Waals surface area contributed by atoms with Crippen molar-refractivity contribution in [3.63, 3.8) is 0 Å². The number of rotatable bonds is 2. The van der Waals surface area contributed by atoms with Crippen molar-refractivity contribution in [3.8, 4) is 0 Å². The van der Waals surface area contributed by atoms with E-state index in [1.54, 1.807) is 18.2 Å². The van der Waals surface area contributed by atoms with Crippen molar-refractivity contribution >= 4 is 28.7 Å². The smallest absolute Gasteiger partial charge is 0.292 e. The number of nitro benzene ring substituents is 1. The molecule has 0 radical (unpaired) electrons. The second-order valence-corrected chi connectivity index (χ2v) is 4.19. The second kappa shape index (κ2) is 5.74. The fourth-order valence-corrected chi connectivity index (χ4v) is 1.99. The first kappa shape index (κ1) is 12.7. The van der Waals surface area contributed by atoms with E-state index in [0.717, 1.165) is 0 Å². The van der Waals surface area contributed by atoms with Gasteiger partial charge >= 0.3 is 0 Å². The molecule has 0 unspecified atom stereocenters. The molecule has 1 fully saturated rings. The highest BCUT2D eigenvalue weighted by Crippen LogP contribution is 2.23. The molecule has 96 valence electrons. The highest BCUT2D eigenvalue weighted by molar-refractivity contribution is 7.80. The lowest BCUT2D eigenvalue weighted by molar-refractivity contribution is -0.383. The Balaban J connectivity index is 2.08. The molecule has 1 aliphatic heterocycles. The van der Waals surface area contributed by atoms with Gasteiger partial charge in [0.25, 0.3) is 5.69 Å². The molecule has 1 aromatic carbocycles. The average molecular weight is 267 g/mol. The van der Waals surface area contributed by atoms with Gasteiger partial charge in [-0.15, -0.1) is 0 Å². The van der Waals surface area contributed by atoms with Crippen LogP contribution in [0.25, 0.3) is 0 Å². The van der Waals surface area contributed by atoms with Crippen LogP contribution in [0.2, 0.25) is 0 Å². The Kier molecular flexibility index (Phi) is 4.06. The minimum Gasteiger partial charge on any atom is -0.378 e. The van der Waals surface area contributed by atoms with Gasteiger partial charge in [-0.05, 0) is 18.3 Å². The van der Waals surface area contributed by atoms with Crippen LogP contribution in [0.3, 0.4) is 0 Å². The monoisotopic (exact) mass is 267 g/mol. The molecule has 0 aromatic heterocycles. The SMILES string of the molecule is O=[N+]([O-])c1ccccc1NC(=S)N1CCOCC1. The summed E-state index contributed by atoms with van der Waals surface area (Å²) in [6.07, 6.45) is 0. The van der Waals surface area contributed by atoms with E-state index in [1.807, 2.05) is 4.90 Å². The van der Waals surface area contributed by atoms with Crippen molar-refractivity contribution in [2.45, 2.75) is 0 Å². The predicted molar refractivity (Wildman–Crippen MR) is 71.7 cm³/mol. The number of nitrogens with one attached hydrogen (secondary N) is 1. The average Bonchev–Trinajstić information content (AvgIpc) is 2.40. The van der Waals surface area contributed by atoms with Gasteiger partial charge < -0.3 is 15.0 Å². The molecule has 0 amide bonds. The van der Waals surface area contributed by atoms with Gasteiger partial charge in [-0.1, -0.05) is 12.1 Å². The molecule has 0 aliphatic carbocycles. The van der Waals surface area contributed by atoms with Crippen LogP contribution in [0.5, 0.6) is 0 Å². The van der Waals surface area contributed by atoms with E-state index in [2.05, 4.69) is 5.32 Å². The van der Waals surface area contributed by atoms with E-state index >= 15 is 0 Å². The summed E-state index contributed by atoms with van der Waals surface area (Å²) in [6, 6.07) is 6.45. The Bertz CT molecular complexity index is 461. The molecule has 0 atom stereocenters. The number of benzene rings is 1. The normalized spacial score (nSPS) is 15.2. The second-order valence-electron chi connectivity index (χ2n) is 3.80. The third-order valence-electron chi connectivity index (χ3n) is 2.64. The minimum atomic E-state index is -0.426. The van der Waals surface area contributed by atoms with Crippen LogP contribution >= 0.6 is 12.2 Å². The molecule has 1 heterocycles. The Hall–Kier alpha value is -1.73. The third kappa shape index (κ3) is 2.93. The summed E-state index contributed by atoms with van der Waals surface area (Å²) < 4.78 is 5.22. The highest BCUT2D eigenvalue weighted by Gasteiger charge is 2.17. The number of hydrogen-bond donors (Lipinski definition) is 1. The first-order chi connectivity index (χ1) is 8.68. The molecular weight excluding hydrogens is 254 g/mol. The molecular formula is C11H13N3O3S. The zero-order valence-corrected chi connectivity index (χ0v) is 10.5. The van der Waals surface area contributed by atoms with Crippen LogP contribution in [-0.4, -0.2) is 41.2 Å². The summed E-state index contributed by atoms with van der Waals surface area (Å²) in [5.41, 5.74) is 0.437. The van der Waals surface area contributed by atoms with Crippen LogP contribution in [0.1, 0.15) is 0 Å². The fraction of sp³-hybridized carbons (Fsp3) is 0.364. The zero-order valence-electron chi connectivity index (χ0n) is 9.67. The number of thiocarbonyl (C=S) groups is 1. The largest absolute Gasteiger partial charge is 0.378 e. The van der Waals surface area contributed by atoms with Gasteiger partial charge in [0.1, 0.15) is 5.69 Å². The predicted octanol–water partition coefficient (Wildman–Crippen LogP) is 1.62. The van der Waals surface area contributed by atoms with Crippen molar-refractivity contribution in [1.82, 2.24) is 4.90 Å². The number of ether oxygens (including phenoxy) is 1. The molecule has 0 saturated carbocycles. The highest BCUT2D eigenvalue weighted by atomic mass is 32.1. The van der Waals surface area contributed by atoms with Gasteiger partial charge in [0.15, 0.2) is 5.11 Å². The summed E-state index contributed by atoms with van der Waals surface area (Å²) in [5, 5.41) is 14.3. The maximum Gasteiger partial charge on any atom is 0.292 e. The molecule has 6 nitrogen and oxygen atoms in total. The minimum absolute atomic E-state index is 0.0214. The summed E-state index contributed by atoms with van der Waals surface area (Å²) in [5.74, 6) is 0. The van der Waals surface area contributed by atoms with Crippen LogP contribution < -0.4 is 5.32 Å². The summed E-state index contributed by atoms with van der Waals surface area (Å²) in [4.78, 5) is 12.4. The molecule has 2 rings (SSSR count). The maximum absolute atomic E-state index is 10.9. The molecule has 1 aliphatic rings. The summed E-state index contributed by atoms with van der Waals surface area (Å²) >= 11 is 5.24. The number of morpholine rings is 1. The first-order valence-electron chi connectivity index (χ1n) is 5.55. The molecule has 1 N–H and O–H groups in total. The number of para-hydroxylation sites is 2. The van der Waals surface area contributed by atoms with E-state index in [9.17, 15) is 10.1 Å². The Morgan fingerprint density at radius 1 is 1.39 bits per heavy atom. The number of nitrogens with zero attached hydrogens (tertiary/aromatic N) is 2. The third-order valence-corrected chi connectivity index (χ3v) is 3.00. The lowest BCUT2D eigenvalue weighted by atomic mass is 10.3. The topological polar surface area (TPSA) is 67.6 Å². The summed E-state index contributed by atoms with van der Waals surface area (Å²) in [7, 11) is 0. The van der Waals surface area contributed by atoms with Crippen LogP contribution in [-0.2, 0) is 4.74 Å². The van der Waals surface area contributed by atoms with E-state index in [1.165, 1.54) is 6.07 Å². The molecule has 18 heavy (non-hydrogen) atoms. The van der Waals surface area contributed by atoms with Gasteiger partial charge in [-0.25, -0.2) is 0 Å². The quantitative estimate of drug-likeness (QED) is 0.499. The Morgan fingerprint density at radius 2 is 2.06 bits per heavy atom. The van der Waals surface area contributed by atoms with E-state index in [-0.39, 0.29) is 5.69 Å². The van der Waals surface area contributed by atoms with Crippen molar-refractivity contribution in [2.24, 2.45) is 0 Å². The van der Waals surface area contributed by atoms with Gasteiger partial charge in [0.2, 0.25) is 0 Å². The van der Waals surface area contributed by atoms with Crippen molar-refractivity contribution in [3.05, 3.63) is 34.4 Å². The number of nitro groups is 1. The van der Waals surface area contributed by atoms with Crippen molar-refractivity contribution in [1.29, 1.82) is 0 Å². The Labute approximate surface area is 110 Å². The van der Waals surface area contributed by atoms with E-state index in [4.69, 9.17) is 17.0 Å². The number of hydrogen-bond acceptors (Lipinski definition) is 4. The van der Waals surface area contributed by atoms with Gasteiger partial charge in [-0.2, -0.15) is 0 Å². The van der Waals surface area contributed by atoms with E-state index in [0.29, 0.717) is 37.1 Å². The lowest BCUT2D eigenvalue weighted by Gasteiger charge is -2.29. The van der Waals surface area contributed by atoms with Gasteiger partial charge in [0, 0.05) is 19.2 Å². The van der Waals surface area contributed by atoms with Crippen LogP contribution in [0, 0.1) is 10.1 Å². The van der Waals surface area contributed by atoms with Crippen LogP contribution in [0.15, 0.2) is 24.3 Å². The summed E-state index contributed by atoms with van der Waals surface area (Å²) in [6.45, 7) is 2.65. The zero-order chi connectivity index (χ0) is 13.0. The first-order valence-corrected chi connectivity index (χ1v) is 5.96. The molecule has 1 aromatic rings. The molecule has 7 heteroatoms. The van der Waals surface area contributed by atoms with Gasteiger partial charge in [0.05, 0.1) is 18.1 Å². The lowest BCUT2D eigenvalue weighted by Crippen LogP contribution is -2.42.